The van der Waals surface area contributed by atoms with Crippen molar-refractivity contribution in [2.24, 2.45) is 0 Å². The zero-order valence-corrected chi connectivity index (χ0v) is 9.88. The van der Waals surface area contributed by atoms with Gasteiger partial charge in [-0.15, -0.1) is 0 Å². The Morgan fingerprint density at radius 1 is 1.28 bits per heavy atom. The largest absolute Gasteiger partial charge is 0.486 e. The zero-order valence-electron chi connectivity index (χ0n) is 9.88. The number of rotatable bonds is 4. The van der Waals surface area contributed by atoms with Crippen molar-refractivity contribution in [3.63, 3.8) is 0 Å². The Bertz CT molecular complexity index is 530. The molecule has 1 aromatic carbocycles. The highest BCUT2D eigenvalue weighted by atomic mass is 16.5. The van der Waals surface area contributed by atoms with E-state index in [1.165, 1.54) is 13.4 Å². The number of anilines is 1. The molecule has 0 amide bonds. The smallest absolute Gasteiger partial charge is 0.341 e. The van der Waals surface area contributed by atoms with E-state index in [9.17, 15) is 4.79 Å². The highest BCUT2D eigenvalue weighted by Gasteiger charge is 2.15. The van der Waals surface area contributed by atoms with Crippen LogP contribution in [0, 0.1) is 0 Å². The molecule has 5 heteroatoms. The normalized spacial score (nSPS) is 10.1. The third-order valence-corrected chi connectivity index (χ3v) is 2.40. The number of hydrogen-bond acceptors (Lipinski definition) is 5. The maximum atomic E-state index is 11.4. The number of ether oxygens (including phenoxy) is 2. The van der Waals surface area contributed by atoms with Crippen LogP contribution in [0.3, 0.4) is 0 Å². The Morgan fingerprint density at radius 3 is 2.67 bits per heavy atom. The molecule has 0 bridgehead atoms. The molecule has 18 heavy (non-hydrogen) atoms. The van der Waals surface area contributed by atoms with Crippen molar-refractivity contribution in [2.75, 3.05) is 12.8 Å². The lowest BCUT2D eigenvalue weighted by Gasteiger charge is -2.05. The van der Waals surface area contributed by atoms with E-state index in [1.807, 2.05) is 0 Å². The van der Waals surface area contributed by atoms with E-state index < -0.39 is 5.97 Å². The molecule has 0 radical (unpaired) electrons. The minimum Gasteiger partial charge on any atom is -0.486 e. The summed E-state index contributed by atoms with van der Waals surface area (Å²) in [5.74, 6) is 0.634. The topological polar surface area (TPSA) is 74.7 Å². The van der Waals surface area contributed by atoms with Gasteiger partial charge in [0.05, 0.1) is 13.4 Å². The van der Waals surface area contributed by atoms with Gasteiger partial charge in [0.1, 0.15) is 17.9 Å². The number of methoxy groups -OCH3 is 1. The van der Waals surface area contributed by atoms with Crippen LogP contribution in [0.2, 0.25) is 0 Å². The van der Waals surface area contributed by atoms with E-state index in [2.05, 4.69) is 4.74 Å². The molecule has 0 aliphatic heterocycles. The number of nitrogens with two attached hydrogens (primary N) is 1. The second kappa shape index (κ2) is 5.27. The van der Waals surface area contributed by atoms with Gasteiger partial charge in [-0.3, -0.25) is 0 Å². The summed E-state index contributed by atoms with van der Waals surface area (Å²) in [7, 11) is 1.32. The van der Waals surface area contributed by atoms with Crippen molar-refractivity contribution in [3.05, 3.63) is 47.9 Å². The van der Waals surface area contributed by atoms with E-state index in [0.29, 0.717) is 22.8 Å². The Balaban J connectivity index is 2.04. The molecular formula is C13H13NO4. The van der Waals surface area contributed by atoms with Crippen molar-refractivity contribution in [1.82, 2.24) is 0 Å². The molecule has 0 saturated carbocycles. The standard InChI is InChI=1S/C13H13NO4/c1-16-13(15)11-6-7-17-12(11)8-18-10-4-2-9(14)3-5-10/h2-7H,8,14H2,1H3. The van der Waals surface area contributed by atoms with Crippen LogP contribution in [0.15, 0.2) is 41.0 Å². The van der Waals surface area contributed by atoms with Crippen LogP contribution in [0.4, 0.5) is 5.69 Å². The average Bonchev–Trinajstić information content (AvgIpc) is 2.85. The average molecular weight is 247 g/mol. The number of carbonyl (C=O) groups is 1. The third kappa shape index (κ3) is 2.63. The minimum absolute atomic E-state index is 0.154. The van der Waals surface area contributed by atoms with Gasteiger partial charge in [-0.2, -0.15) is 0 Å². The monoisotopic (exact) mass is 247 g/mol. The first-order valence-corrected chi connectivity index (χ1v) is 5.33. The van der Waals surface area contributed by atoms with Crippen LogP contribution in [0.1, 0.15) is 16.1 Å². The second-order valence-corrected chi connectivity index (χ2v) is 3.61. The number of esters is 1. The van der Waals surface area contributed by atoms with E-state index >= 15 is 0 Å². The molecule has 0 aliphatic rings. The van der Waals surface area contributed by atoms with Crippen LogP contribution in [-0.2, 0) is 11.3 Å². The maximum Gasteiger partial charge on any atom is 0.341 e. The molecule has 1 aromatic heterocycles. The highest BCUT2D eigenvalue weighted by Crippen LogP contribution is 2.17. The highest BCUT2D eigenvalue weighted by molar-refractivity contribution is 5.90. The molecule has 0 unspecified atom stereocenters. The summed E-state index contributed by atoms with van der Waals surface area (Å²) in [5, 5.41) is 0. The first-order chi connectivity index (χ1) is 8.70. The number of carbonyl (C=O) groups excluding carboxylic acids is 1. The molecule has 0 aliphatic carbocycles. The van der Waals surface area contributed by atoms with E-state index in [1.54, 1.807) is 30.3 Å². The van der Waals surface area contributed by atoms with Gasteiger partial charge in [-0.05, 0) is 30.3 Å². The van der Waals surface area contributed by atoms with Crippen molar-refractivity contribution in [2.45, 2.75) is 6.61 Å². The Morgan fingerprint density at radius 2 is 2.00 bits per heavy atom. The summed E-state index contributed by atoms with van der Waals surface area (Å²) < 4.78 is 15.3. The van der Waals surface area contributed by atoms with Gasteiger partial charge < -0.3 is 19.6 Å². The van der Waals surface area contributed by atoms with Crippen LogP contribution in [0.25, 0.3) is 0 Å². The van der Waals surface area contributed by atoms with Gasteiger partial charge >= 0.3 is 5.97 Å². The van der Waals surface area contributed by atoms with Gasteiger partial charge in [-0.1, -0.05) is 0 Å². The SMILES string of the molecule is COC(=O)c1ccoc1COc1ccc(N)cc1. The number of benzene rings is 1. The molecular weight excluding hydrogens is 234 g/mol. The van der Waals surface area contributed by atoms with Crippen LogP contribution < -0.4 is 10.5 Å². The molecule has 0 spiro atoms. The molecule has 2 aromatic rings. The number of hydrogen-bond donors (Lipinski definition) is 1. The molecule has 0 saturated heterocycles. The van der Waals surface area contributed by atoms with Gasteiger partial charge in [0, 0.05) is 5.69 Å². The predicted octanol–water partition coefficient (Wildman–Crippen LogP) is 2.23. The van der Waals surface area contributed by atoms with E-state index in [0.717, 1.165) is 0 Å². The minimum atomic E-state index is -0.445. The van der Waals surface area contributed by atoms with E-state index in [-0.39, 0.29) is 6.61 Å². The van der Waals surface area contributed by atoms with Crippen molar-refractivity contribution in [3.8, 4) is 5.75 Å². The van der Waals surface area contributed by atoms with Crippen LogP contribution >= 0.6 is 0 Å². The summed E-state index contributed by atoms with van der Waals surface area (Å²) in [6, 6.07) is 8.51. The fraction of sp³-hybridized carbons (Fsp3) is 0.154. The lowest BCUT2D eigenvalue weighted by molar-refractivity contribution is 0.0595. The summed E-state index contributed by atoms with van der Waals surface area (Å²) in [6.07, 6.45) is 1.42. The Kier molecular flexibility index (Phi) is 3.52. The zero-order chi connectivity index (χ0) is 13.0. The summed E-state index contributed by atoms with van der Waals surface area (Å²) in [4.78, 5) is 11.4. The second-order valence-electron chi connectivity index (χ2n) is 3.61. The van der Waals surface area contributed by atoms with Gasteiger partial charge in [0.2, 0.25) is 0 Å². The molecule has 5 nitrogen and oxygen atoms in total. The molecule has 1 heterocycles. The molecule has 2 rings (SSSR count). The van der Waals surface area contributed by atoms with E-state index in [4.69, 9.17) is 14.9 Å². The number of nitrogen functional groups attached to an aromatic ring is 1. The summed E-state index contributed by atoms with van der Waals surface area (Å²) >= 11 is 0. The molecule has 0 fully saturated rings. The van der Waals surface area contributed by atoms with Crippen molar-refractivity contribution < 1.29 is 18.7 Å². The Labute approximate surface area is 104 Å². The van der Waals surface area contributed by atoms with Gasteiger partial charge in [0.25, 0.3) is 0 Å². The first kappa shape index (κ1) is 12.0. The quantitative estimate of drug-likeness (QED) is 0.662. The summed E-state index contributed by atoms with van der Waals surface area (Å²) in [5.41, 5.74) is 6.60. The fourth-order valence-corrected chi connectivity index (χ4v) is 1.46. The lowest BCUT2D eigenvalue weighted by Crippen LogP contribution is -2.05. The van der Waals surface area contributed by atoms with Crippen LogP contribution in [0.5, 0.6) is 5.75 Å². The predicted molar refractivity (Wildman–Crippen MR) is 65.2 cm³/mol. The first-order valence-electron chi connectivity index (χ1n) is 5.33. The molecule has 2 N–H and O–H groups in total. The summed E-state index contributed by atoms with van der Waals surface area (Å²) in [6.45, 7) is 0.154. The van der Waals surface area contributed by atoms with Crippen molar-refractivity contribution >= 4 is 11.7 Å². The third-order valence-electron chi connectivity index (χ3n) is 2.40. The van der Waals surface area contributed by atoms with Crippen molar-refractivity contribution in [1.29, 1.82) is 0 Å². The maximum absolute atomic E-state index is 11.4. The van der Waals surface area contributed by atoms with Gasteiger partial charge in [-0.25, -0.2) is 4.79 Å². The Hall–Kier alpha value is -2.43. The molecule has 94 valence electrons. The fourth-order valence-electron chi connectivity index (χ4n) is 1.46. The van der Waals surface area contributed by atoms with Crippen LogP contribution in [-0.4, -0.2) is 13.1 Å². The lowest BCUT2D eigenvalue weighted by atomic mass is 10.2. The van der Waals surface area contributed by atoms with Gasteiger partial charge in [0.15, 0.2) is 5.76 Å². The number of furan rings is 1. The molecule has 0 atom stereocenters.